The predicted octanol–water partition coefficient (Wildman–Crippen LogP) is -0.627. The number of aromatic nitrogens is 2. The lowest BCUT2D eigenvalue weighted by molar-refractivity contribution is 0.768. The van der Waals surface area contributed by atoms with Gasteiger partial charge in [0, 0.05) is 26.3 Å². The summed E-state index contributed by atoms with van der Waals surface area (Å²) in [6, 6.07) is 0. The molecule has 0 unspecified atom stereocenters. The van der Waals surface area contributed by atoms with Crippen LogP contribution >= 0.6 is 0 Å². The molecule has 0 saturated carbocycles. The fraction of sp³-hybridized carbons (Fsp3) is 0.500. The van der Waals surface area contributed by atoms with Crippen LogP contribution in [0.15, 0.2) is 6.20 Å². The zero-order valence-corrected chi connectivity index (χ0v) is 6.54. The van der Waals surface area contributed by atoms with Crippen molar-refractivity contribution in [3.8, 4) is 0 Å². The van der Waals surface area contributed by atoms with Crippen molar-refractivity contribution in [3.63, 3.8) is 0 Å². The number of nitrogens with zero attached hydrogens (tertiary/aromatic N) is 2. The Morgan fingerprint density at radius 2 is 2.45 bits per heavy atom. The molecule has 0 aliphatic rings. The van der Waals surface area contributed by atoms with E-state index in [4.69, 9.17) is 11.5 Å². The number of nitrogen functional groups attached to an aromatic ring is 1. The molecule has 5 N–H and O–H groups in total. The fourth-order valence-corrected chi connectivity index (χ4v) is 0.835. The largest absolute Gasteiger partial charge is 0.394 e. The molecule has 0 aromatic carbocycles. The summed E-state index contributed by atoms with van der Waals surface area (Å²) in [4.78, 5) is 0. The van der Waals surface area contributed by atoms with Gasteiger partial charge in [-0.05, 0) is 0 Å². The second kappa shape index (κ2) is 3.25. The van der Waals surface area contributed by atoms with Crippen LogP contribution in [0.25, 0.3) is 0 Å². The Labute approximate surface area is 65.4 Å². The first kappa shape index (κ1) is 7.87. The standard InChI is InChI=1S/C6H13N5/c1-11-4-5(8)6(10-11)9-3-2-7/h4H,2-3,7-8H2,1H3,(H,9,10). The normalized spacial score (nSPS) is 10.0. The highest BCUT2D eigenvalue weighted by molar-refractivity contribution is 5.59. The molecule has 1 aromatic heterocycles. The zero-order chi connectivity index (χ0) is 8.27. The lowest BCUT2D eigenvalue weighted by Crippen LogP contribution is -2.14. The van der Waals surface area contributed by atoms with Gasteiger partial charge in [0.1, 0.15) is 0 Å². The quantitative estimate of drug-likeness (QED) is 0.543. The Morgan fingerprint density at radius 1 is 1.73 bits per heavy atom. The number of anilines is 2. The van der Waals surface area contributed by atoms with Crippen LogP contribution in [0.4, 0.5) is 11.5 Å². The van der Waals surface area contributed by atoms with Gasteiger partial charge in [0.2, 0.25) is 0 Å². The molecule has 0 atom stereocenters. The smallest absolute Gasteiger partial charge is 0.171 e. The van der Waals surface area contributed by atoms with Crippen LogP contribution in [0.5, 0.6) is 0 Å². The second-order valence-corrected chi connectivity index (χ2v) is 2.32. The first-order chi connectivity index (χ1) is 5.24. The minimum Gasteiger partial charge on any atom is -0.394 e. The van der Waals surface area contributed by atoms with Crippen LogP contribution in [0.2, 0.25) is 0 Å². The number of hydrogen-bond donors (Lipinski definition) is 3. The molecule has 5 heteroatoms. The third-order valence-corrected chi connectivity index (χ3v) is 1.29. The fourth-order valence-electron chi connectivity index (χ4n) is 0.835. The summed E-state index contributed by atoms with van der Waals surface area (Å²) in [7, 11) is 1.82. The number of nitrogens with two attached hydrogens (primary N) is 2. The van der Waals surface area contributed by atoms with Gasteiger partial charge in [0.15, 0.2) is 5.82 Å². The maximum atomic E-state index is 5.60. The van der Waals surface area contributed by atoms with E-state index in [0.29, 0.717) is 24.6 Å². The predicted molar refractivity (Wildman–Crippen MR) is 45.2 cm³/mol. The SMILES string of the molecule is Cn1cc(N)c(NCCN)n1. The van der Waals surface area contributed by atoms with Gasteiger partial charge in [-0.2, -0.15) is 5.10 Å². The molecule has 62 valence electrons. The summed E-state index contributed by atoms with van der Waals surface area (Å²) in [5.41, 5.74) is 11.5. The molecule has 0 aliphatic carbocycles. The van der Waals surface area contributed by atoms with Gasteiger partial charge in [0.05, 0.1) is 5.69 Å². The van der Waals surface area contributed by atoms with Crippen molar-refractivity contribution in [2.75, 3.05) is 24.1 Å². The Hall–Kier alpha value is -1.23. The lowest BCUT2D eigenvalue weighted by atomic mass is 10.5. The van der Waals surface area contributed by atoms with Crippen LogP contribution in [-0.2, 0) is 7.05 Å². The summed E-state index contributed by atoms with van der Waals surface area (Å²) in [5, 5.41) is 7.07. The highest BCUT2D eigenvalue weighted by Gasteiger charge is 2.00. The summed E-state index contributed by atoms with van der Waals surface area (Å²) in [6.45, 7) is 1.28. The maximum Gasteiger partial charge on any atom is 0.171 e. The lowest BCUT2D eigenvalue weighted by Gasteiger charge is -1.99. The van der Waals surface area contributed by atoms with Gasteiger partial charge in [-0.15, -0.1) is 0 Å². The average Bonchev–Trinajstić information content (AvgIpc) is 2.26. The van der Waals surface area contributed by atoms with Gasteiger partial charge in [0.25, 0.3) is 0 Å². The second-order valence-electron chi connectivity index (χ2n) is 2.32. The molecule has 11 heavy (non-hydrogen) atoms. The van der Waals surface area contributed by atoms with Crippen molar-refractivity contribution in [2.45, 2.75) is 0 Å². The molecule has 1 heterocycles. The van der Waals surface area contributed by atoms with Crippen LogP contribution in [-0.4, -0.2) is 22.9 Å². The molecule has 0 fully saturated rings. The molecule has 0 saturated heterocycles. The van der Waals surface area contributed by atoms with Gasteiger partial charge >= 0.3 is 0 Å². The molecule has 5 nitrogen and oxygen atoms in total. The van der Waals surface area contributed by atoms with Gasteiger partial charge in [-0.1, -0.05) is 0 Å². The third kappa shape index (κ3) is 1.84. The molecule has 0 bridgehead atoms. The van der Waals surface area contributed by atoms with Crippen molar-refractivity contribution in [2.24, 2.45) is 12.8 Å². The van der Waals surface area contributed by atoms with Crippen molar-refractivity contribution in [1.82, 2.24) is 9.78 Å². The van der Waals surface area contributed by atoms with E-state index in [2.05, 4.69) is 10.4 Å². The van der Waals surface area contributed by atoms with E-state index in [0.717, 1.165) is 0 Å². The summed E-state index contributed by atoms with van der Waals surface area (Å²) in [6.07, 6.45) is 1.75. The Morgan fingerprint density at radius 3 is 2.91 bits per heavy atom. The maximum absolute atomic E-state index is 5.60. The van der Waals surface area contributed by atoms with Crippen LogP contribution in [0, 0.1) is 0 Å². The summed E-state index contributed by atoms with van der Waals surface area (Å²) in [5.74, 6) is 0.706. The van der Waals surface area contributed by atoms with Crippen molar-refractivity contribution < 1.29 is 0 Å². The number of aryl methyl sites for hydroxylation is 1. The Bertz CT molecular complexity index is 229. The molecule has 1 rings (SSSR count). The molecule has 0 aliphatic heterocycles. The highest BCUT2D eigenvalue weighted by atomic mass is 15.3. The monoisotopic (exact) mass is 155 g/mol. The number of rotatable bonds is 3. The molecule has 0 amide bonds. The van der Waals surface area contributed by atoms with Crippen molar-refractivity contribution >= 4 is 11.5 Å². The summed E-state index contributed by atoms with van der Waals surface area (Å²) < 4.78 is 1.66. The van der Waals surface area contributed by atoms with E-state index >= 15 is 0 Å². The van der Waals surface area contributed by atoms with Crippen LogP contribution in [0.3, 0.4) is 0 Å². The highest BCUT2D eigenvalue weighted by Crippen LogP contribution is 2.12. The molecule has 0 radical (unpaired) electrons. The minimum atomic E-state index is 0.579. The van der Waals surface area contributed by atoms with E-state index in [-0.39, 0.29) is 0 Å². The van der Waals surface area contributed by atoms with Gasteiger partial charge < -0.3 is 16.8 Å². The van der Waals surface area contributed by atoms with Crippen molar-refractivity contribution in [3.05, 3.63) is 6.20 Å². The van der Waals surface area contributed by atoms with Crippen LogP contribution in [0.1, 0.15) is 0 Å². The third-order valence-electron chi connectivity index (χ3n) is 1.29. The summed E-state index contributed by atoms with van der Waals surface area (Å²) >= 11 is 0. The first-order valence-corrected chi connectivity index (χ1v) is 3.47. The average molecular weight is 155 g/mol. The van der Waals surface area contributed by atoms with Gasteiger partial charge in [-0.3, -0.25) is 4.68 Å². The number of nitrogens with one attached hydrogen (secondary N) is 1. The van der Waals surface area contributed by atoms with E-state index in [9.17, 15) is 0 Å². The van der Waals surface area contributed by atoms with E-state index in [1.165, 1.54) is 0 Å². The van der Waals surface area contributed by atoms with E-state index in [1.807, 2.05) is 7.05 Å². The minimum absolute atomic E-state index is 0.579. The van der Waals surface area contributed by atoms with E-state index in [1.54, 1.807) is 10.9 Å². The van der Waals surface area contributed by atoms with E-state index < -0.39 is 0 Å². The van der Waals surface area contributed by atoms with Crippen LogP contribution < -0.4 is 16.8 Å². The molecule has 1 aromatic rings. The molecular formula is C6H13N5. The first-order valence-electron chi connectivity index (χ1n) is 3.47. The topological polar surface area (TPSA) is 81.9 Å². The van der Waals surface area contributed by atoms with Crippen molar-refractivity contribution in [1.29, 1.82) is 0 Å². The Balaban J connectivity index is 2.62. The number of hydrogen-bond acceptors (Lipinski definition) is 4. The molecular weight excluding hydrogens is 142 g/mol. The molecule has 0 spiro atoms. The Kier molecular flexibility index (Phi) is 2.32. The van der Waals surface area contributed by atoms with Gasteiger partial charge in [-0.25, -0.2) is 0 Å². The zero-order valence-electron chi connectivity index (χ0n) is 6.54.